The van der Waals surface area contributed by atoms with Crippen LogP contribution in [0.25, 0.3) is 11.3 Å². The number of methoxy groups -OCH3 is 2. The Labute approximate surface area is 157 Å². The zero-order chi connectivity index (χ0) is 16.9. The summed E-state index contributed by atoms with van der Waals surface area (Å²) in [6.45, 7) is 1.73. The lowest BCUT2D eigenvalue weighted by atomic mass is 9.99. The summed E-state index contributed by atoms with van der Waals surface area (Å²) in [6.07, 6.45) is 1.96. The molecule has 1 unspecified atom stereocenters. The third-order valence-corrected chi connectivity index (χ3v) is 4.84. The van der Waals surface area contributed by atoms with Crippen LogP contribution in [-0.2, 0) is 4.79 Å². The number of piperidine rings is 1. The highest BCUT2D eigenvalue weighted by atomic mass is 35.5. The fourth-order valence-corrected chi connectivity index (χ4v) is 3.46. The van der Waals surface area contributed by atoms with Gasteiger partial charge < -0.3 is 20.1 Å². The molecule has 2 heterocycles. The summed E-state index contributed by atoms with van der Waals surface area (Å²) in [5.41, 5.74) is 1.72. The average molecular weight is 384 g/mol. The summed E-state index contributed by atoms with van der Waals surface area (Å²) in [5, 5.41) is 8.73. The number of amides is 1. The van der Waals surface area contributed by atoms with Crippen molar-refractivity contribution in [3.05, 3.63) is 23.6 Å². The van der Waals surface area contributed by atoms with E-state index in [9.17, 15) is 4.79 Å². The molecule has 2 aromatic rings. The molecule has 0 radical (unpaired) electrons. The van der Waals surface area contributed by atoms with Crippen molar-refractivity contribution in [2.75, 3.05) is 32.6 Å². The van der Waals surface area contributed by atoms with E-state index in [1.807, 2.05) is 23.6 Å². The second-order valence-electron chi connectivity index (χ2n) is 5.64. The van der Waals surface area contributed by atoms with Crippen molar-refractivity contribution >= 4 is 34.8 Å². The number of hydrogen-bond acceptors (Lipinski definition) is 6. The van der Waals surface area contributed by atoms with Gasteiger partial charge in [-0.1, -0.05) is 0 Å². The number of carbonyl (C=O) groups excluding carboxylic acids is 1. The molecular formula is C17H22ClN3O3S. The standard InChI is InChI=1S/C17H21N3O3S.ClH/c1-22-14-6-5-11(8-15(14)23-2)13-10-24-17(19-13)20-16(21)12-4-3-7-18-9-12;/h5-6,8,10,12,18H,3-4,7,9H2,1-2H3,(H,19,20,21);1H. The van der Waals surface area contributed by atoms with Gasteiger partial charge in [-0.25, -0.2) is 4.98 Å². The molecule has 1 aromatic carbocycles. The summed E-state index contributed by atoms with van der Waals surface area (Å²) in [5.74, 6) is 1.39. The molecule has 0 saturated carbocycles. The van der Waals surface area contributed by atoms with Crippen LogP contribution in [0.5, 0.6) is 11.5 Å². The Morgan fingerprint density at radius 2 is 2.12 bits per heavy atom. The van der Waals surface area contributed by atoms with Gasteiger partial charge in [0, 0.05) is 17.5 Å². The van der Waals surface area contributed by atoms with Crippen LogP contribution < -0.4 is 20.1 Å². The minimum Gasteiger partial charge on any atom is -0.493 e. The fraction of sp³-hybridized carbons (Fsp3) is 0.412. The van der Waals surface area contributed by atoms with Crippen molar-refractivity contribution in [2.45, 2.75) is 12.8 Å². The van der Waals surface area contributed by atoms with Crippen LogP contribution in [0.3, 0.4) is 0 Å². The van der Waals surface area contributed by atoms with Gasteiger partial charge in [0.1, 0.15) is 0 Å². The van der Waals surface area contributed by atoms with Crippen LogP contribution in [-0.4, -0.2) is 38.2 Å². The molecule has 0 aliphatic carbocycles. The van der Waals surface area contributed by atoms with Crippen LogP contribution >= 0.6 is 23.7 Å². The highest BCUT2D eigenvalue weighted by molar-refractivity contribution is 7.14. The molecule has 1 amide bonds. The summed E-state index contributed by atoms with van der Waals surface area (Å²) >= 11 is 1.42. The van der Waals surface area contributed by atoms with Crippen molar-refractivity contribution < 1.29 is 14.3 Å². The first-order valence-corrected chi connectivity index (χ1v) is 8.78. The molecule has 1 aliphatic heterocycles. The maximum absolute atomic E-state index is 12.3. The number of rotatable bonds is 5. The molecule has 1 atom stereocenters. The zero-order valence-electron chi connectivity index (χ0n) is 14.2. The van der Waals surface area contributed by atoms with Crippen molar-refractivity contribution in [3.63, 3.8) is 0 Å². The van der Waals surface area contributed by atoms with Gasteiger partial charge in [0.15, 0.2) is 16.6 Å². The molecule has 3 rings (SSSR count). The van der Waals surface area contributed by atoms with Crippen LogP contribution in [0.15, 0.2) is 23.6 Å². The molecule has 2 N–H and O–H groups in total. The van der Waals surface area contributed by atoms with E-state index in [1.54, 1.807) is 14.2 Å². The van der Waals surface area contributed by atoms with Crippen LogP contribution in [0.1, 0.15) is 12.8 Å². The van der Waals surface area contributed by atoms with Crippen LogP contribution in [0.4, 0.5) is 5.13 Å². The van der Waals surface area contributed by atoms with Gasteiger partial charge in [-0.15, -0.1) is 23.7 Å². The van der Waals surface area contributed by atoms with E-state index < -0.39 is 0 Å². The normalized spacial score (nSPS) is 16.6. The summed E-state index contributed by atoms with van der Waals surface area (Å²) in [4.78, 5) is 16.8. The van der Waals surface area contributed by atoms with E-state index in [2.05, 4.69) is 15.6 Å². The van der Waals surface area contributed by atoms with Crippen LogP contribution in [0, 0.1) is 5.92 Å². The van der Waals surface area contributed by atoms with E-state index in [1.165, 1.54) is 11.3 Å². The van der Waals surface area contributed by atoms with Gasteiger partial charge in [-0.2, -0.15) is 0 Å². The summed E-state index contributed by atoms with van der Waals surface area (Å²) < 4.78 is 10.6. The molecule has 136 valence electrons. The molecule has 6 nitrogen and oxygen atoms in total. The van der Waals surface area contributed by atoms with E-state index in [0.717, 1.165) is 37.2 Å². The SMILES string of the molecule is COc1ccc(-c2csc(NC(=O)C3CCCNC3)n2)cc1OC.Cl. The number of benzene rings is 1. The quantitative estimate of drug-likeness (QED) is 0.829. The predicted molar refractivity (Wildman–Crippen MR) is 102 cm³/mol. The topological polar surface area (TPSA) is 72.5 Å². The Hall–Kier alpha value is -1.83. The number of anilines is 1. The highest BCUT2D eigenvalue weighted by Crippen LogP contribution is 2.33. The van der Waals surface area contributed by atoms with Gasteiger partial charge in [0.2, 0.25) is 5.91 Å². The molecule has 1 saturated heterocycles. The second kappa shape index (κ2) is 9.03. The lowest BCUT2D eigenvalue weighted by Gasteiger charge is -2.21. The summed E-state index contributed by atoms with van der Waals surface area (Å²) in [7, 11) is 3.21. The predicted octanol–water partition coefficient (Wildman–Crippen LogP) is 3.19. The first-order valence-electron chi connectivity index (χ1n) is 7.90. The minimum atomic E-state index is 0. The minimum absolute atomic E-state index is 0. The number of ether oxygens (including phenoxy) is 2. The molecule has 1 aromatic heterocycles. The van der Waals surface area contributed by atoms with Gasteiger partial charge in [-0.3, -0.25) is 4.79 Å². The third kappa shape index (κ3) is 4.62. The molecule has 8 heteroatoms. The first-order chi connectivity index (χ1) is 11.7. The van der Waals surface area contributed by atoms with Gasteiger partial charge >= 0.3 is 0 Å². The smallest absolute Gasteiger partial charge is 0.230 e. The second-order valence-corrected chi connectivity index (χ2v) is 6.50. The monoisotopic (exact) mass is 383 g/mol. The van der Waals surface area contributed by atoms with E-state index in [0.29, 0.717) is 16.6 Å². The van der Waals surface area contributed by atoms with Crippen molar-refractivity contribution in [2.24, 2.45) is 5.92 Å². The number of nitrogens with zero attached hydrogens (tertiary/aromatic N) is 1. The third-order valence-electron chi connectivity index (χ3n) is 4.08. The maximum atomic E-state index is 12.3. The van der Waals surface area contributed by atoms with Crippen LogP contribution in [0.2, 0.25) is 0 Å². The fourth-order valence-electron chi connectivity index (χ4n) is 2.74. The number of halogens is 1. The number of nitrogens with one attached hydrogen (secondary N) is 2. The molecule has 0 bridgehead atoms. The Morgan fingerprint density at radius 3 is 2.80 bits per heavy atom. The van der Waals surface area contributed by atoms with E-state index in [4.69, 9.17) is 9.47 Å². The lowest BCUT2D eigenvalue weighted by Crippen LogP contribution is -2.37. The zero-order valence-corrected chi connectivity index (χ0v) is 15.8. The number of hydrogen-bond donors (Lipinski definition) is 2. The molecule has 0 spiro atoms. The van der Waals surface area contributed by atoms with E-state index >= 15 is 0 Å². The van der Waals surface area contributed by atoms with Gasteiger partial charge in [-0.05, 0) is 37.6 Å². The number of carbonyl (C=O) groups is 1. The molecular weight excluding hydrogens is 362 g/mol. The Balaban J connectivity index is 0.00000225. The lowest BCUT2D eigenvalue weighted by molar-refractivity contribution is -0.120. The number of thiazole rings is 1. The highest BCUT2D eigenvalue weighted by Gasteiger charge is 2.21. The van der Waals surface area contributed by atoms with Crippen molar-refractivity contribution in [1.82, 2.24) is 10.3 Å². The van der Waals surface area contributed by atoms with Crippen molar-refractivity contribution in [3.8, 4) is 22.8 Å². The molecule has 1 aliphatic rings. The molecule has 1 fully saturated rings. The molecule has 25 heavy (non-hydrogen) atoms. The average Bonchev–Trinajstić information content (AvgIpc) is 3.10. The maximum Gasteiger partial charge on any atom is 0.230 e. The Kier molecular flexibility index (Phi) is 7.04. The number of aromatic nitrogens is 1. The van der Waals surface area contributed by atoms with Crippen molar-refractivity contribution in [1.29, 1.82) is 0 Å². The van der Waals surface area contributed by atoms with E-state index in [-0.39, 0.29) is 24.2 Å². The first kappa shape index (κ1) is 19.5. The summed E-state index contributed by atoms with van der Waals surface area (Å²) in [6, 6.07) is 5.65. The van der Waals surface area contributed by atoms with Gasteiger partial charge in [0.25, 0.3) is 0 Å². The Morgan fingerprint density at radius 1 is 1.32 bits per heavy atom. The largest absolute Gasteiger partial charge is 0.493 e. The van der Waals surface area contributed by atoms with Gasteiger partial charge in [0.05, 0.1) is 25.8 Å². The Bertz CT molecular complexity index is 717.